The first-order valence-corrected chi connectivity index (χ1v) is 7.25. The number of ether oxygens (including phenoxy) is 1. The molecule has 0 aliphatic carbocycles. The van der Waals surface area contributed by atoms with Crippen molar-refractivity contribution in [3.8, 4) is 5.75 Å². The second kappa shape index (κ2) is 8.33. The van der Waals surface area contributed by atoms with Gasteiger partial charge in [-0.25, -0.2) is 4.79 Å². The standard InChI is InChI=1S/C19H17NO4/c1-2-12-24-19(23)17(13-14-8-10-16(21)11-9-14)20-18(22)15-6-4-3-5-7-15/h2-11,13,21H,1,12H2,(H,20,22). The number of amides is 1. The molecule has 2 N–H and O–H groups in total. The summed E-state index contributed by atoms with van der Waals surface area (Å²) in [6, 6.07) is 14.7. The van der Waals surface area contributed by atoms with Crippen molar-refractivity contribution in [3.05, 3.63) is 84.1 Å². The molecule has 0 spiro atoms. The molecule has 0 bridgehead atoms. The lowest BCUT2D eigenvalue weighted by Gasteiger charge is -2.09. The predicted molar refractivity (Wildman–Crippen MR) is 91.1 cm³/mol. The van der Waals surface area contributed by atoms with E-state index in [2.05, 4.69) is 11.9 Å². The van der Waals surface area contributed by atoms with Crippen molar-refractivity contribution in [2.75, 3.05) is 6.61 Å². The highest BCUT2D eigenvalue weighted by atomic mass is 16.5. The van der Waals surface area contributed by atoms with Gasteiger partial charge in [-0.3, -0.25) is 4.79 Å². The van der Waals surface area contributed by atoms with Crippen LogP contribution in [-0.2, 0) is 9.53 Å². The van der Waals surface area contributed by atoms with Crippen LogP contribution >= 0.6 is 0 Å². The second-order valence-electron chi connectivity index (χ2n) is 4.86. The molecule has 1 amide bonds. The third kappa shape index (κ3) is 4.84. The lowest BCUT2D eigenvalue weighted by molar-refractivity contribution is -0.138. The number of phenols is 1. The van der Waals surface area contributed by atoms with Gasteiger partial charge in [0.25, 0.3) is 5.91 Å². The molecular weight excluding hydrogens is 306 g/mol. The first-order valence-electron chi connectivity index (χ1n) is 7.25. The van der Waals surface area contributed by atoms with Gasteiger partial charge >= 0.3 is 5.97 Å². The maximum atomic E-state index is 12.3. The largest absolute Gasteiger partial charge is 0.508 e. The highest BCUT2D eigenvalue weighted by Gasteiger charge is 2.15. The molecule has 2 rings (SSSR count). The van der Waals surface area contributed by atoms with Crippen LogP contribution in [-0.4, -0.2) is 23.6 Å². The summed E-state index contributed by atoms with van der Waals surface area (Å²) in [6.45, 7) is 3.52. The quantitative estimate of drug-likeness (QED) is 0.487. The topological polar surface area (TPSA) is 75.6 Å². The number of rotatable bonds is 6. The average molecular weight is 323 g/mol. The van der Waals surface area contributed by atoms with Crippen LogP contribution in [0.3, 0.4) is 0 Å². The summed E-state index contributed by atoms with van der Waals surface area (Å²) in [5.74, 6) is -0.986. The van der Waals surface area contributed by atoms with Gasteiger partial charge in [-0.1, -0.05) is 43.0 Å². The molecule has 0 unspecified atom stereocenters. The van der Waals surface area contributed by atoms with Crippen LogP contribution in [0.1, 0.15) is 15.9 Å². The van der Waals surface area contributed by atoms with Crippen molar-refractivity contribution in [1.82, 2.24) is 5.32 Å². The van der Waals surface area contributed by atoms with Crippen molar-refractivity contribution in [3.63, 3.8) is 0 Å². The lowest BCUT2D eigenvalue weighted by atomic mass is 10.1. The van der Waals surface area contributed by atoms with E-state index in [-0.39, 0.29) is 18.1 Å². The van der Waals surface area contributed by atoms with Crippen molar-refractivity contribution >= 4 is 18.0 Å². The van der Waals surface area contributed by atoms with Crippen molar-refractivity contribution < 1.29 is 19.4 Å². The summed E-state index contributed by atoms with van der Waals surface area (Å²) in [6.07, 6.45) is 2.92. The van der Waals surface area contributed by atoms with E-state index >= 15 is 0 Å². The molecule has 0 heterocycles. The minimum Gasteiger partial charge on any atom is -0.508 e. The minimum absolute atomic E-state index is 0.00334. The number of carbonyl (C=O) groups excluding carboxylic acids is 2. The molecule has 2 aromatic carbocycles. The van der Waals surface area contributed by atoms with Gasteiger partial charge in [0, 0.05) is 5.56 Å². The maximum absolute atomic E-state index is 12.3. The Morgan fingerprint density at radius 3 is 2.38 bits per heavy atom. The Kier molecular flexibility index (Phi) is 5.91. The van der Waals surface area contributed by atoms with Gasteiger partial charge in [0.05, 0.1) is 0 Å². The van der Waals surface area contributed by atoms with Gasteiger partial charge in [-0.2, -0.15) is 0 Å². The SMILES string of the molecule is C=CCOC(=O)C(=Cc1ccc(O)cc1)NC(=O)c1ccccc1. The van der Waals surface area contributed by atoms with Gasteiger partial charge < -0.3 is 15.2 Å². The van der Waals surface area contributed by atoms with Crippen LogP contribution < -0.4 is 5.32 Å². The molecule has 122 valence electrons. The third-order valence-electron chi connectivity index (χ3n) is 3.04. The van der Waals surface area contributed by atoms with E-state index < -0.39 is 11.9 Å². The van der Waals surface area contributed by atoms with Crippen molar-refractivity contribution in [2.45, 2.75) is 0 Å². The summed E-state index contributed by atoms with van der Waals surface area (Å²) in [7, 11) is 0. The lowest BCUT2D eigenvalue weighted by Crippen LogP contribution is -2.28. The first kappa shape index (κ1) is 17.0. The van der Waals surface area contributed by atoms with Crippen LogP contribution in [0.15, 0.2) is 72.9 Å². The Balaban J connectivity index is 2.25. The zero-order valence-electron chi connectivity index (χ0n) is 12.9. The summed E-state index contributed by atoms with van der Waals surface area (Å²) in [5, 5.41) is 11.9. The van der Waals surface area contributed by atoms with Gasteiger partial charge in [0.1, 0.15) is 18.1 Å². The fraction of sp³-hybridized carbons (Fsp3) is 0.0526. The molecule has 0 aliphatic heterocycles. The highest BCUT2D eigenvalue weighted by molar-refractivity contribution is 6.03. The number of benzene rings is 2. The molecule has 0 aliphatic rings. The van der Waals surface area contributed by atoms with Gasteiger partial charge in [-0.05, 0) is 35.9 Å². The summed E-state index contributed by atoms with van der Waals surface area (Å²) >= 11 is 0. The molecule has 0 atom stereocenters. The van der Waals surface area contributed by atoms with Crippen molar-refractivity contribution in [1.29, 1.82) is 0 Å². The number of hydrogen-bond donors (Lipinski definition) is 2. The Labute approximate surface area is 139 Å². The molecular formula is C19H17NO4. The Morgan fingerprint density at radius 1 is 1.08 bits per heavy atom. The number of aromatic hydroxyl groups is 1. The summed E-state index contributed by atoms with van der Waals surface area (Å²) < 4.78 is 5.00. The Morgan fingerprint density at radius 2 is 1.75 bits per heavy atom. The van der Waals surface area contributed by atoms with Crippen LogP contribution in [0.4, 0.5) is 0 Å². The predicted octanol–water partition coefficient (Wildman–Crippen LogP) is 2.89. The molecule has 0 saturated carbocycles. The second-order valence-corrected chi connectivity index (χ2v) is 4.86. The fourth-order valence-electron chi connectivity index (χ4n) is 1.88. The van der Waals surface area contributed by atoms with E-state index in [0.717, 1.165) is 0 Å². The van der Waals surface area contributed by atoms with Crippen molar-refractivity contribution in [2.24, 2.45) is 0 Å². The smallest absolute Gasteiger partial charge is 0.355 e. The van der Waals surface area contributed by atoms with Crippen LogP contribution in [0.25, 0.3) is 6.08 Å². The van der Waals surface area contributed by atoms with E-state index in [4.69, 9.17) is 4.74 Å². The van der Waals surface area contributed by atoms with Gasteiger partial charge in [-0.15, -0.1) is 0 Å². The van der Waals surface area contributed by atoms with E-state index in [1.54, 1.807) is 42.5 Å². The number of hydrogen-bond acceptors (Lipinski definition) is 4. The van der Waals surface area contributed by atoms with Gasteiger partial charge in [0.15, 0.2) is 0 Å². The monoisotopic (exact) mass is 323 g/mol. The summed E-state index contributed by atoms with van der Waals surface area (Å²) in [4.78, 5) is 24.4. The number of nitrogens with one attached hydrogen (secondary N) is 1. The van der Waals surface area contributed by atoms with E-state index in [1.807, 2.05) is 0 Å². The van der Waals surface area contributed by atoms with Crippen LogP contribution in [0, 0.1) is 0 Å². The Bertz CT molecular complexity index is 749. The maximum Gasteiger partial charge on any atom is 0.355 e. The number of carbonyl (C=O) groups is 2. The minimum atomic E-state index is -0.674. The van der Waals surface area contributed by atoms with E-state index in [1.165, 1.54) is 24.3 Å². The number of esters is 1. The van der Waals surface area contributed by atoms with Crippen LogP contribution in [0.2, 0.25) is 0 Å². The molecule has 24 heavy (non-hydrogen) atoms. The average Bonchev–Trinajstić information content (AvgIpc) is 2.61. The molecule has 0 aromatic heterocycles. The zero-order valence-corrected chi connectivity index (χ0v) is 12.9. The fourth-order valence-corrected chi connectivity index (χ4v) is 1.88. The molecule has 5 heteroatoms. The van der Waals surface area contributed by atoms with E-state index in [9.17, 15) is 14.7 Å². The number of phenolic OH excluding ortho intramolecular Hbond substituents is 1. The molecule has 0 saturated heterocycles. The first-order chi connectivity index (χ1) is 11.6. The molecule has 5 nitrogen and oxygen atoms in total. The van der Waals surface area contributed by atoms with Gasteiger partial charge in [0.2, 0.25) is 0 Å². The van der Waals surface area contributed by atoms with E-state index in [0.29, 0.717) is 11.1 Å². The highest BCUT2D eigenvalue weighted by Crippen LogP contribution is 2.13. The molecule has 0 radical (unpaired) electrons. The summed E-state index contributed by atoms with van der Waals surface area (Å²) in [5.41, 5.74) is 1.05. The Hall–Kier alpha value is -3.34. The third-order valence-corrected chi connectivity index (χ3v) is 3.04. The molecule has 0 fully saturated rings. The molecule has 2 aromatic rings. The normalized spacial score (nSPS) is 10.8. The zero-order chi connectivity index (χ0) is 17.4. The van der Waals surface area contributed by atoms with Crippen LogP contribution in [0.5, 0.6) is 5.75 Å².